The van der Waals surface area contributed by atoms with E-state index in [1.165, 1.54) is 6.07 Å². The van der Waals surface area contributed by atoms with E-state index in [0.29, 0.717) is 17.0 Å². The zero-order valence-corrected chi connectivity index (χ0v) is 8.60. The van der Waals surface area contributed by atoms with Gasteiger partial charge in [-0.3, -0.25) is 0 Å². The highest BCUT2D eigenvalue weighted by atomic mass is 35.5. The van der Waals surface area contributed by atoms with Gasteiger partial charge in [-0.2, -0.15) is 0 Å². The fourth-order valence-corrected chi connectivity index (χ4v) is 1.61. The lowest BCUT2D eigenvalue weighted by molar-refractivity contribution is 0.567. The third kappa shape index (κ3) is 2.56. The summed E-state index contributed by atoms with van der Waals surface area (Å²) in [6.07, 6.45) is 3.17. The lowest BCUT2D eigenvalue weighted by Crippen LogP contribution is -2.12. The highest BCUT2D eigenvalue weighted by Crippen LogP contribution is 2.26. The molecule has 1 aromatic carbocycles. The first-order valence-electron chi connectivity index (χ1n) is 4.47. The van der Waals surface area contributed by atoms with Crippen molar-refractivity contribution >= 4 is 11.6 Å². The van der Waals surface area contributed by atoms with Gasteiger partial charge in [0.15, 0.2) is 0 Å². The predicted octanol–water partition coefficient (Wildman–Crippen LogP) is 3.45. The van der Waals surface area contributed by atoms with Crippen molar-refractivity contribution in [2.24, 2.45) is 5.73 Å². The summed E-state index contributed by atoms with van der Waals surface area (Å²) in [4.78, 5) is 0. The van der Waals surface area contributed by atoms with Crippen LogP contribution in [0.15, 0.2) is 30.9 Å². The van der Waals surface area contributed by atoms with Crippen molar-refractivity contribution in [3.05, 3.63) is 47.3 Å². The summed E-state index contributed by atoms with van der Waals surface area (Å²) in [6.45, 7) is 3.59. The maximum Gasteiger partial charge on any atom is 0.129 e. The van der Waals surface area contributed by atoms with Gasteiger partial charge in [0.25, 0.3) is 0 Å². The van der Waals surface area contributed by atoms with Gasteiger partial charge >= 0.3 is 0 Å². The van der Waals surface area contributed by atoms with Gasteiger partial charge in [0.1, 0.15) is 5.82 Å². The first-order chi connectivity index (χ1) is 6.66. The highest BCUT2D eigenvalue weighted by Gasteiger charge is 2.13. The number of rotatable bonds is 4. The Hall–Kier alpha value is -0.860. The minimum atomic E-state index is -0.360. The van der Waals surface area contributed by atoms with E-state index in [2.05, 4.69) is 6.58 Å². The van der Waals surface area contributed by atoms with E-state index in [-0.39, 0.29) is 11.9 Å². The van der Waals surface area contributed by atoms with Crippen LogP contribution in [0.2, 0.25) is 5.02 Å². The molecule has 0 amide bonds. The number of nitrogens with two attached hydrogens (primary N) is 1. The molecule has 0 aliphatic heterocycles. The van der Waals surface area contributed by atoms with Crippen LogP contribution in [-0.2, 0) is 0 Å². The Kier molecular flexibility index (Phi) is 4.11. The molecule has 2 N–H and O–H groups in total. The standard InChI is InChI=1S/C11H13ClFN/c1-2-3-7-10(14)11-8(12)5-4-6-9(11)13/h2,4-6,10H,1,3,7,14H2/t10-/m0/s1. The Morgan fingerprint density at radius 2 is 2.29 bits per heavy atom. The molecular weight excluding hydrogens is 201 g/mol. The average molecular weight is 214 g/mol. The number of allylic oxidation sites excluding steroid dienone is 1. The van der Waals surface area contributed by atoms with Crippen molar-refractivity contribution in [3.63, 3.8) is 0 Å². The van der Waals surface area contributed by atoms with Crippen molar-refractivity contribution in [1.29, 1.82) is 0 Å². The van der Waals surface area contributed by atoms with Gasteiger partial charge in [0.05, 0.1) is 0 Å². The van der Waals surface area contributed by atoms with Crippen molar-refractivity contribution in [2.75, 3.05) is 0 Å². The lowest BCUT2D eigenvalue weighted by Gasteiger charge is -2.13. The fraction of sp³-hybridized carbons (Fsp3) is 0.273. The minimum absolute atomic E-state index is 0.339. The predicted molar refractivity (Wildman–Crippen MR) is 57.8 cm³/mol. The van der Waals surface area contributed by atoms with E-state index in [0.717, 1.165) is 6.42 Å². The molecule has 1 atom stereocenters. The van der Waals surface area contributed by atoms with Crippen molar-refractivity contribution < 1.29 is 4.39 Å². The van der Waals surface area contributed by atoms with Crippen LogP contribution < -0.4 is 5.73 Å². The molecule has 76 valence electrons. The van der Waals surface area contributed by atoms with E-state index in [4.69, 9.17) is 17.3 Å². The van der Waals surface area contributed by atoms with E-state index in [1.807, 2.05) is 0 Å². The van der Waals surface area contributed by atoms with Crippen LogP contribution in [-0.4, -0.2) is 0 Å². The summed E-state index contributed by atoms with van der Waals surface area (Å²) in [6, 6.07) is 4.23. The van der Waals surface area contributed by atoms with E-state index in [9.17, 15) is 4.39 Å². The molecule has 0 heterocycles. The van der Waals surface area contributed by atoms with E-state index in [1.54, 1.807) is 18.2 Å². The molecule has 1 nitrogen and oxygen atoms in total. The Balaban J connectivity index is 2.87. The second-order valence-corrected chi connectivity index (χ2v) is 3.52. The van der Waals surface area contributed by atoms with Crippen molar-refractivity contribution in [2.45, 2.75) is 18.9 Å². The Bertz CT molecular complexity index is 305. The van der Waals surface area contributed by atoms with Gasteiger partial charge in [-0.1, -0.05) is 23.7 Å². The maximum atomic E-state index is 13.3. The molecule has 1 aromatic rings. The summed E-state index contributed by atoms with van der Waals surface area (Å²) in [7, 11) is 0. The molecule has 0 spiro atoms. The third-order valence-electron chi connectivity index (χ3n) is 2.05. The topological polar surface area (TPSA) is 26.0 Å². The Labute approximate surface area is 88.4 Å². The zero-order valence-electron chi connectivity index (χ0n) is 7.84. The minimum Gasteiger partial charge on any atom is -0.324 e. The number of benzene rings is 1. The maximum absolute atomic E-state index is 13.3. The van der Waals surface area contributed by atoms with Gasteiger partial charge in [-0.25, -0.2) is 4.39 Å². The second-order valence-electron chi connectivity index (χ2n) is 3.11. The van der Waals surface area contributed by atoms with E-state index >= 15 is 0 Å². The van der Waals surface area contributed by atoms with Crippen LogP contribution in [0, 0.1) is 5.82 Å². The van der Waals surface area contributed by atoms with Gasteiger partial charge in [-0.15, -0.1) is 6.58 Å². The largest absolute Gasteiger partial charge is 0.324 e. The molecule has 0 aromatic heterocycles. The van der Waals surface area contributed by atoms with E-state index < -0.39 is 0 Å². The van der Waals surface area contributed by atoms with Crippen LogP contribution in [0.1, 0.15) is 24.4 Å². The molecule has 0 radical (unpaired) electrons. The van der Waals surface area contributed by atoms with Gasteiger partial charge in [0, 0.05) is 16.6 Å². The monoisotopic (exact) mass is 213 g/mol. The smallest absolute Gasteiger partial charge is 0.129 e. The first-order valence-corrected chi connectivity index (χ1v) is 4.85. The van der Waals surface area contributed by atoms with Crippen molar-refractivity contribution in [3.8, 4) is 0 Å². The van der Waals surface area contributed by atoms with Crippen LogP contribution in [0.5, 0.6) is 0 Å². The van der Waals surface area contributed by atoms with Gasteiger partial charge in [-0.05, 0) is 25.0 Å². The van der Waals surface area contributed by atoms with Crippen LogP contribution in [0.4, 0.5) is 4.39 Å². The molecule has 1 rings (SSSR count). The Morgan fingerprint density at radius 3 is 2.86 bits per heavy atom. The molecule has 0 unspecified atom stereocenters. The van der Waals surface area contributed by atoms with Crippen LogP contribution >= 0.6 is 11.6 Å². The van der Waals surface area contributed by atoms with Crippen LogP contribution in [0.3, 0.4) is 0 Å². The summed E-state index contributed by atoms with van der Waals surface area (Å²) < 4.78 is 13.3. The normalized spacial score (nSPS) is 12.5. The molecule has 0 saturated heterocycles. The lowest BCUT2D eigenvalue weighted by atomic mass is 10.0. The SMILES string of the molecule is C=CCC[C@H](N)c1c(F)cccc1Cl. The number of hydrogen-bond acceptors (Lipinski definition) is 1. The zero-order chi connectivity index (χ0) is 10.6. The summed E-state index contributed by atoms with van der Waals surface area (Å²) >= 11 is 5.86. The van der Waals surface area contributed by atoms with Crippen molar-refractivity contribution in [1.82, 2.24) is 0 Å². The molecular formula is C11H13ClFN. The molecule has 0 aliphatic rings. The molecule has 0 fully saturated rings. The number of halogens is 2. The number of hydrogen-bond donors (Lipinski definition) is 1. The summed E-state index contributed by atoms with van der Waals surface area (Å²) in [5.74, 6) is -0.339. The molecule has 14 heavy (non-hydrogen) atoms. The fourth-order valence-electron chi connectivity index (χ4n) is 1.31. The highest BCUT2D eigenvalue weighted by molar-refractivity contribution is 6.31. The molecule has 0 saturated carbocycles. The van der Waals surface area contributed by atoms with Crippen LogP contribution in [0.25, 0.3) is 0 Å². The molecule has 0 bridgehead atoms. The molecule has 0 aliphatic carbocycles. The third-order valence-corrected chi connectivity index (χ3v) is 2.38. The molecule has 3 heteroatoms. The summed E-state index contributed by atoms with van der Waals surface area (Å²) in [5, 5.41) is 0.390. The Morgan fingerprint density at radius 1 is 1.57 bits per heavy atom. The second kappa shape index (κ2) is 5.13. The summed E-state index contributed by atoms with van der Waals surface area (Å²) in [5.41, 5.74) is 6.21. The quantitative estimate of drug-likeness (QED) is 0.762. The van der Waals surface area contributed by atoms with Gasteiger partial charge < -0.3 is 5.73 Å². The van der Waals surface area contributed by atoms with Gasteiger partial charge in [0.2, 0.25) is 0 Å². The average Bonchev–Trinajstić information content (AvgIpc) is 2.14. The first kappa shape index (κ1) is 11.2.